The molecule has 2 rings (SSSR count). The molecule has 0 fully saturated rings. The normalized spacial score (nSPS) is 9.94. The topological polar surface area (TPSA) is 37.9 Å². The van der Waals surface area contributed by atoms with Crippen molar-refractivity contribution in [1.29, 1.82) is 5.26 Å². The van der Waals surface area contributed by atoms with Gasteiger partial charge in [0.15, 0.2) is 0 Å². The maximum atomic E-state index is 8.90. The van der Waals surface area contributed by atoms with Crippen molar-refractivity contribution in [2.75, 3.05) is 6.61 Å². The molecule has 1 aromatic heterocycles. The molecule has 1 aromatic carbocycles. The number of ether oxygens (including phenoxy) is 1. The van der Waals surface area contributed by atoms with Crippen LogP contribution in [0.5, 0.6) is 5.75 Å². The van der Waals surface area contributed by atoms with Gasteiger partial charge in [-0.05, 0) is 30.7 Å². The Morgan fingerprint density at radius 1 is 1.24 bits per heavy atom. The number of aryl methyl sites for hydroxylation is 1. The minimum atomic E-state index is 0.661. The van der Waals surface area contributed by atoms with Crippen molar-refractivity contribution in [2.24, 2.45) is 7.05 Å². The fourth-order valence-corrected chi connectivity index (χ4v) is 1.74. The predicted molar refractivity (Wildman–Crippen MR) is 66.7 cm³/mol. The van der Waals surface area contributed by atoms with E-state index in [0.717, 1.165) is 16.9 Å². The van der Waals surface area contributed by atoms with Crippen molar-refractivity contribution in [1.82, 2.24) is 4.57 Å². The third-order valence-electron chi connectivity index (χ3n) is 2.62. The van der Waals surface area contributed by atoms with Crippen LogP contribution in [0.25, 0.3) is 11.1 Å². The van der Waals surface area contributed by atoms with Crippen molar-refractivity contribution in [3.05, 3.63) is 42.2 Å². The highest BCUT2D eigenvalue weighted by molar-refractivity contribution is 5.65. The zero-order chi connectivity index (χ0) is 12.3. The summed E-state index contributed by atoms with van der Waals surface area (Å²) >= 11 is 0. The van der Waals surface area contributed by atoms with Gasteiger partial charge in [0.05, 0.1) is 6.61 Å². The van der Waals surface area contributed by atoms with E-state index in [1.54, 1.807) is 0 Å². The van der Waals surface area contributed by atoms with E-state index in [0.29, 0.717) is 12.3 Å². The zero-order valence-corrected chi connectivity index (χ0v) is 9.97. The van der Waals surface area contributed by atoms with Gasteiger partial charge in [0.1, 0.15) is 17.5 Å². The summed E-state index contributed by atoms with van der Waals surface area (Å²) in [5, 5.41) is 8.90. The van der Waals surface area contributed by atoms with Gasteiger partial charge in [-0.2, -0.15) is 5.26 Å². The van der Waals surface area contributed by atoms with E-state index in [4.69, 9.17) is 10.00 Å². The first kappa shape index (κ1) is 11.3. The highest BCUT2D eigenvalue weighted by Gasteiger charge is 2.04. The second-order valence-electron chi connectivity index (χ2n) is 3.79. The van der Waals surface area contributed by atoms with Gasteiger partial charge in [0, 0.05) is 18.8 Å². The van der Waals surface area contributed by atoms with Gasteiger partial charge in [-0.3, -0.25) is 0 Å². The molecule has 0 atom stereocenters. The Morgan fingerprint density at radius 2 is 1.94 bits per heavy atom. The van der Waals surface area contributed by atoms with Gasteiger partial charge in [-0.25, -0.2) is 0 Å². The lowest BCUT2D eigenvalue weighted by Gasteiger charge is -2.03. The number of rotatable bonds is 3. The van der Waals surface area contributed by atoms with Gasteiger partial charge in [0.25, 0.3) is 0 Å². The van der Waals surface area contributed by atoms with E-state index in [2.05, 4.69) is 6.07 Å². The van der Waals surface area contributed by atoms with Crippen LogP contribution in [-0.4, -0.2) is 11.2 Å². The lowest BCUT2D eigenvalue weighted by Crippen LogP contribution is -1.90. The van der Waals surface area contributed by atoms with Crippen molar-refractivity contribution in [3.8, 4) is 22.9 Å². The van der Waals surface area contributed by atoms with E-state index in [1.807, 2.05) is 55.1 Å². The molecular weight excluding hydrogens is 212 g/mol. The summed E-state index contributed by atoms with van der Waals surface area (Å²) in [6.07, 6.45) is 1.95. The van der Waals surface area contributed by atoms with Crippen LogP contribution in [0.3, 0.4) is 0 Å². The average Bonchev–Trinajstić information content (AvgIpc) is 2.72. The summed E-state index contributed by atoms with van der Waals surface area (Å²) in [5.41, 5.74) is 2.80. The molecule has 0 aliphatic carbocycles. The van der Waals surface area contributed by atoms with Crippen molar-refractivity contribution < 1.29 is 4.74 Å². The number of aromatic nitrogens is 1. The van der Waals surface area contributed by atoms with E-state index in [1.165, 1.54) is 0 Å². The van der Waals surface area contributed by atoms with Crippen LogP contribution in [-0.2, 0) is 7.05 Å². The van der Waals surface area contributed by atoms with Gasteiger partial charge in [-0.15, -0.1) is 0 Å². The zero-order valence-electron chi connectivity index (χ0n) is 9.97. The lowest BCUT2D eigenvalue weighted by atomic mass is 10.1. The molecule has 17 heavy (non-hydrogen) atoms. The Balaban J connectivity index is 2.30. The lowest BCUT2D eigenvalue weighted by molar-refractivity contribution is 0.340. The molecule has 0 aliphatic rings. The Hall–Kier alpha value is -2.21. The second-order valence-corrected chi connectivity index (χ2v) is 3.79. The Bertz CT molecular complexity index is 547. The minimum absolute atomic E-state index is 0.661. The highest BCUT2D eigenvalue weighted by atomic mass is 16.5. The highest BCUT2D eigenvalue weighted by Crippen LogP contribution is 2.24. The van der Waals surface area contributed by atoms with Crippen molar-refractivity contribution in [3.63, 3.8) is 0 Å². The van der Waals surface area contributed by atoms with Gasteiger partial charge < -0.3 is 9.30 Å². The SMILES string of the molecule is CCOc1ccc(-c2cc(C#N)n(C)c2)cc1. The van der Waals surface area contributed by atoms with Crippen molar-refractivity contribution in [2.45, 2.75) is 6.92 Å². The third-order valence-corrected chi connectivity index (χ3v) is 2.62. The predicted octanol–water partition coefficient (Wildman–Crippen LogP) is 2.96. The van der Waals surface area contributed by atoms with Crippen LogP contribution in [0.4, 0.5) is 0 Å². The second kappa shape index (κ2) is 4.75. The van der Waals surface area contributed by atoms with Crippen molar-refractivity contribution >= 4 is 0 Å². The molecular formula is C14H14N2O. The fourth-order valence-electron chi connectivity index (χ4n) is 1.74. The molecule has 0 saturated carbocycles. The van der Waals surface area contributed by atoms with Crippen LogP contribution in [0.1, 0.15) is 12.6 Å². The molecule has 0 unspecified atom stereocenters. The van der Waals surface area contributed by atoms with Crippen LogP contribution in [0.2, 0.25) is 0 Å². The molecule has 3 heteroatoms. The largest absolute Gasteiger partial charge is 0.494 e. The monoisotopic (exact) mass is 226 g/mol. The summed E-state index contributed by atoms with van der Waals surface area (Å²) in [6, 6.07) is 11.9. The number of hydrogen-bond acceptors (Lipinski definition) is 2. The molecule has 0 N–H and O–H groups in total. The van der Waals surface area contributed by atoms with Crippen LogP contribution in [0.15, 0.2) is 36.5 Å². The molecule has 0 radical (unpaired) electrons. The number of nitrogens with zero attached hydrogens (tertiary/aromatic N) is 2. The molecule has 2 aromatic rings. The van der Waals surface area contributed by atoms with Gasteiger partial charge in [-0.1, -0.05) is 12.1 Å². The van der Waals surface area contributed by atoms with Gasteiger partial charge >= 0.3 is 0 Å². The number of benzene rings is 1. The fraction of sp³-hybridized carbons (Fsp3) is 0.214. The van der Waals surface area contributed by atoms with Crippen LogP contribution < -0.4 is 4.74 Å². The molecule has 1 heterocycles. The first-order valence-corrected chi connectivity index (χ1v) is 5.54. The summed E-state index contributed by atoms with van der Waals surface area (Å²) in [5.74, 6) is 0.868. The summed E-state index contributed by atoms with van der Waals surface area (Å²) < 4.78 is 7.21. The Morgan fingerprint density at radius 3 is 2.47 bits per heavy atom. The summed E-state index contributed by atoms with van der Waals surface area (Å²) in [4.78, 5) is 0. The maximum Gasteiger partial charge on any atom is 0.120 e. The molecule has 0 amide bonds. The standard InChI is InChI=1S/C14H14N2O/c1-3-17-14-6-4-11(5-7-14)12-8-13(9-15)16(2)10-12/h4-8,10H,3H2,1-2H3. The number of hydrogen-bond donors (Lipinski definition) is 0. The van der Waals surface area contributed by atoms with Gasteiger partial charge in [0.2, 0.25) is 0 Å². The molecule has 0 spiro atoms. The Labute approximate surface area is 101 Å². The molecule has 3 nitrogen and oxygen atoms in total. The number of nitriles is 1. The Kier molecular flexibility index (Phi) is 3.15. The minimum Gasteiger partial charge on any atom is -0.494 e. The maximum absolute atomic E-state index is 8.90. The van der Waals surface area contributed by atoms with E-state index in [-0.39, 0.29) is 0 Å². The van der Waals surface area contributed by atoms with Crippen LogP contribution in [0, 0.1) is 11.3 Å². The average molecular weight is 226 g/mol. The smallest absolute Gasteiger partial charge is 0.120 e. The first-order chi connectivity index (χ1) is 8.24. The van der Waals surface area contributed by atoms with E-state index >= 15 is 0 Å². The third kappa shape index (κ3) is 2.31. The summed E-state index contributed by atoms with van der Waals surface area (Å²) in [6.45, 7) is 2.63. The molecule has 0 bridgehead atoms. The van der Waals surface area contributed by atoms with Crippen LogP contribution >= 0.6 is 0 Å². The summed E-state index contributed by atoms with van der Waals surface area (Å²) in [7, 11) is 1.87. The van der Waals surface area contributed by atoms with E-state index in [9.17, 15) is 0 Å². The quantitative estimate of drug-likeness (QED) is 0.807. The molecule has 0 aliphatic heterocycles. The molecule has 86 valence electrons. The van der Waals surface area contributed by atoms with E-state index < -0.39 is 0 Å². The molecule has 0 saturated heterocycles. The first-order valence-electron chi connectivity index (χ1n) is 5.54.